The number of hydrogen-bond donors (Lipinski definition) is 1. The summed E-state index contributed by atoms with van der Waals surface area (Å²) in [5.74, 6) is 0.491. The topological polar surface area (TPSA) is 71.8 Å². The smallest absolute Gasteiger partial charge is 0.289 e. The zero-order chi connectivity index (χ0) is 17.8. The average molecular weight is 363 g/mol. The largest absolute Gasteiger partial charge is 0.495 e. The van der Waals surface area contributed by atoms with Crippen molar-refractivity contribution in [3.8, 4) is 5.75 Å². The van der Waals surface area contributed by atoms with Gasteiger partial charge in [-0.3, -0.25) is 9.59 Å². The molecule has 0 aliphatic carbocycles. The van der Waals surface area contributed by atoms with Crippen LogP contribution in [0.1, 0.15) is 23.4 Å². The third-order valence-electron chi connectivity index (χ3n) is 4.30. The number of nitrogens with one attached hydrogen (secondary N) is 1. The van der Waals surface area contributed by atoms with Crippen LogP contribution in [0.2, 0.25) is 5.02 Å². The van der Waals surface area contributed by atoms with Gasteiger partial charge in [0, 0.05) is 24.0 Å². The Hall–Kier alpha value is -2.47. The molecule has 2 aromatic rings. The van der Waals surface area contributed by atoms with E-state index in [-0.39, 0.29) is 17.7 Å². The lowest BCUT2D eigenvalue weighted by molar-refractivity contribution is -0.121. The molecule has 6 nitrogen and oxygen atoms in total. The van der Waals surface area contributed by atoms with Gasteiger partial charge in [0.15, 0.2) is 5.76 Å². The van der Waals surface area contributed by atoms with Crippen molar-refractivity contribution in [1.82, 2.24) is 4.90 Å². The van der Waals surface area contributed by atoms with Crippen LogP contribution in [0.25, 0.3) is 0 Å². The summed E-state index contributed by atoms with van der Waals surface area (Å²) in [5, 5.41) is 3.40. The molecule has 0 radical (unpaired) electrons. The predicted molar refractivity (Wildman–Crippen MR) is 94.0 cm³/mol. The summed E-state index contributed by atoms with van der Waals surface area (Å²) in [5.41, 5.74) is 0.550. The third kappa shape index (κ3) is 3.96. The molecule has 132 valence electrons. The number of ether oxygens (including phenoxy) is 1. The summed E-state index contributed by atoms with van der Waals surface area (Å²) in [6.45, 7) is 1.04. The fourth-order valence-electron chi connectivity index (χ4n) is 2.91. The fourth-order valence-corrected chi connectivity index (χ4v) is 3.09. The second-order valence-electron chi connectivity index (χ2n) is 5.88. The summed E-state index contributed by atoms with van der Waals surface area (Å²) >= 11 is 5.99. The van der Waals surface area contributed by atoms with E-state index < -0.39 is 0 Å². The molecule has 2 amide bonds. The molecule has 7 heteroatoms. The third-order valence-corrected chi connectivity index (χ3v) is 4.54. The molecule has 1 N–H and O–H groups in total. The van der Waals surface area contributed by atoms with Gasteiger partial charge in [0.1, 0.15) is 5.75 Å². The van der Waals surface area contributed by atoms with Crippen LogP contribution in [0.5, 0.6) is 5.75 Å². The lowest BCUT2D eigenvalue weighted by Crippen LogP contribution is -2.41. The molecule has 3 rings (SSSR count). The SMILES string of the molecule is COc1ccc(Cl)cc1NC(=O)C1CCN(C(=O)c2ccco2)CC1. The van der Waals surface area contributed by atoms with Crippen molar-refractivity contribution in [3.63, 3.8) is 0 Å². The standard InChI is InChI=1S/C18H19ClN2O4/c1-24-15-5-4-13(19)11-14(15)20-17(22)12-6-8-21(9-7-12)18(23)16-3-2-10-25-16/h2-5,10-12H,6-9H2,1H3,(H,20,22). The van der Waals surface area contributed by atoms with Crippen molar-refractivity contribution in [2.45, 2.75) is 12.8 Å². The van der Waals surface area contributed by atoms with Gasteiger partial charge < -0.3 is 19.4 Å². The quantitative estimate of drug-likeness (QED) is 0.904. The maximum atomic E-state index is 12.5. The highest BCUT2D eigenvalue weighted by molar-refractivity contribution is 6.31. The number of carbonyl (C=O) groups is 2. The van der Waals surface area contributed by atoms with Crippen LogP contribution in [0, 0.1) is 5.92 Å². The van der Waals surface area contributed by atoms with Gasteiger partial charge in [-0.25, -0.2) is 0 Å². The van der Waals surface area contributed by atoms with Crippen LogP contribution < -0.4 is 10.1 Å². The van der Waals surface area contributed by atoms with E-state index in [0.29, 0.717) is 48.2 Å². The highest BCUT2D eigenvalue weighted by Gasteiger charge is 2.29. The summed E-state index contributed by atoms with van der Waals surface area (Å²) in [6, 6.07) is 8.41. The first-order valence-corrected chi connectivity index (χ1v) is 8.43. The molecule has 2 heterocycles. The lowest BCUT2D eigenvalue weighted by Gasteiger charge is -2.30. The minimum Gasteiger partial charge on any atom is -0.495 e. The van der Waals surface area contributed by atoms with Gasteiger partial charge in [-0.2, -0.15) is 0 Å². The van der Waals surface area contributed by atoms with E-state index in [9.17, 15) is 9.59 Å². The number of nitrogens with zero attached hydrogens (tertiary/aromatic N) is 1. The van der Waals surface area contributed by atoms with Crippen molar-refractivity contribution in [2.75, 3.05) is 25.5 Å². The lowest BCUT2D eigenvalue weighted by atomic mass is 9.95. The normalized spacial score (nSPS) is 15.0. The summed E-state index contributed by atoms with van der Waals surface area (Å²) < 4.78 is 10.4. The van der Waals surface area contributed by atoms with E-state index in [0.717, 1.165) is 0 Å². The number of rotatable bonds is 4. The van der Waals surface area contributed by atoms with E-state index in [2.05, 4.69) is 5.32 Å². The first kappa shape index (κ1) is 17.4. The molecular formula is C18H19ClN2O4. The van der Waals surface area contributed by atoms with Crippen LogP contribution in [0.3, 0.4) is 0 Å². The van der Waals surface area contributed by atoms with Crippen molar-refractivity contribution in [3.05, 3.63) is 47.4 Å². The van der Waals surface area contributed by atoms with Crippen LogP contribution in [0.15, 0.2) is 41.0 Å². The maximum absolute atomic E-state index is 12.5. The van der Waals surface area contributed by atoms with E-state index >= 15 is 0 Å². The monoisotopic (exact) mass is 362 g/mol. The van der Waals surface area contributed by atoms with Crippen LogP contribution in [-0.4, -0.2) is 36.9 Å². The zero-order valence-corrected chi connectivity index (χ0v) is 14.6. The molecule has 0 spiro atoms. The Morgan fingerprint density at radius 1 is 1.28 bits per heavy atom. The number of furan rings is 1. The van der Waals surface area contributed by atoms with Crippen LogP contribution in [0.4, 0.5) is 5.69 Å². The molecule has 1 aromatic carbocycles. The van der Waals surface area contributed by atoms with Crippen LogP contribution in [-0.2, 0) is 4.79 Å². The average Bonchev–Trinajstić information content (AvgIpc) is 3.16. The van der Waals surface area contributed by atoms with E-state index in [4.69, 9.17) is 20.8 Å². The second kappa shape index (κ2) is 7.61. The number of carbonyl (C=O) groups excluding carboxylic acids is 2. The number of hydrogen-bond acceptors (Lipinski definition) is 4. The van der Waals surface area contributed by atoms with Crippen molar-refractivity contribution < 1.29 is 18.7 Å². The number of anilines is 1. The number of methoxy groups -OCH3 is 1. The van der Waals surface area contributed by atoms with Crippen molar-refractivity contribution in [2.24, 2.45) is 5.92 Å². The molecule has 1 aliphatic rings. The number of amides is 2. The Bertz CT molecular complexity index is 752. The number of likely N-dealkylation sites (tertiary alicyclic amines) is 1. The van der Waals surface area contributed by atoms with Gasteiger partial charge in [0.25, 0.3) is 5.91 Å². The molecule has 25 heavy (non-hydrogen) atoms. The first-order chi connectivity index (χ1) is 12.1. The summed E-state index contributed by atoms with van der Waals surface area (Å²) in [7, 11) is 1.54. The molecular weight excluding hydrogens is 344 g/mol. The van der Waals surface area contributed by atoms with Crippen molar-refractivity contribution >= 4 is 29.1 Å². The molecule has 1 fully saturated rings. The minimum absolute atomic E-state index is 0.0920. The summed E-state index contributed by atoms with van der Waals surface area (Å²) in [6.07, 6.45) is 2.67. The number of halogens is 1. The summed E-state index contributed by atoms with van der Waals surface area (Å²) in [4.78, 5) is 26.5. The number of piperidine rings is 1. The van der Waals surface area contributed by atoms with Crippen molar-refractivity contribution in [1.29, 1.82) is 0 Å². The Morgan fingerprint density at radius 2 is 2.04 bits per heavy atom. The highest BCUT2D eigenvalue weighted by atomic mass is 35.5. The van der Waals surface area contributed by atoms with Gasteiger partial charge in [-0.05, 0) is 43.2 Å². The maximum Gasteiger partial charge on any atom is 0.289 e. The first-order valence-electron chi connectivity index (χ1n) is 8.05. The van der Waals surface area contributed by atoms with E-state index in [1.807, 2.05) is 0 Å². The number of benzene rings is 1. The molecule has 1 aliphatic heterocycles. The Labute approximate surface area is 150 Å². The van der Waals surface area contributed by atoms with Gasteiger partial charge in [-0.15, -0.1) is 0 Å². The molecule has 0 bridgehead atoms. The fraction of sp³-hybridized carbons (Fsp3) is 0.333. The van der Waals surface area contributed by atoms with Gasteiger partial charge in [-0.1, -0.05) is 11.6 Å². The van der Waals surface area contributed by atoms with E-state index in [1.54, 1.807) is 35.2 Å². The van der Waals surface area contributed by atoms with E-state index in [1.165, 1.54) is 13.4 Å². The molecule has 0 saturated carbocycles. The zero-order valence-electron chi connectivity index (χ0n) is 13.8. The Morgan fingerprint density at radius 3 is 2.68 bits per heavy atom. The predicted octanol–water partition coefficient (Wildman–Crippen LogP) is 3.43. The Balaban J connectivity index is 1.59. The minimum atomic E-state index is -0.163. The second-order valence-corrected chi connectivity index (χ2v) is 6.31. The highest BCUT2D eigenvalue weighted by Crippen LogP contribution is 2.29. The molecule has 0 unspecified atom stereocenters. The molecule has 1 saturated heterocycles. The Kier molecular flexibility index (Phi) is 5.28. The van der Waals surface area contributed by atoms with Crippen LogP contribution >= 0.6 is 11.6 Å². The molecule has 0 atom stereocenters. The van der Waals surface area contributed by atoms with Gasteiger partial charge in [0.2, 0.25) is 5.91 Å². The van der Waals surface area contributed by atoms with Gasteiger partial charge >= 0.3 is 0 Å². The van der Waals surface area contributed by atoms with Gasteiger partial charge in [0.05, 0.1) is 19.1 Å². The molecule has 1 aromatic heterocycles.